The van der Waals surface area contributed by atoms with E-state index in [-0.39, 0.29) is 18.4 Å². The molecule has 2 heterocycles. The number of carbonyl (C=O) groups excluding carboxylic acids is 3. The average Bonchev–Trinajstić information content (AvgIpc) is 2.93. The summed E-state index contributed by atoms with van der Waals surface area (Å²) < 4.78 is 1.68. The molecule has 8 heteroatoms. The van der Waals surface area contributed by atoms with Crippen LogP contribution in [0.3, 0.4) is 0 Å². The summed E-state index contributed by atoms with van der Waals surface area (Å²) in [6.45, 7) is 5.35. The van der Waals surface area contributed by atoms with Crippen molar-refractivity contribution in [2.45, 2.75) is 52.0 Å². The number of aryl methyl sites for hydroxylation is 2. The highest BCUT2D eigenvalue weighted by Gasteiger charge is 2.55. The second-order valence-electron chi connectivity index (χ2n) is 7.16. The first-order chi connectivity index (χ1) is 11.8. The Morgan fingerprint density at radius 1 is 1.36 bits per heavy atom. The van der Waals surface area contributed by atoms with E-state index in [0.717, 1.165) is 29.9 Å². The van der Waals surface area contributed by atoms with Crippen LogP contribution in [0.2, 0.25) is 0 Å². The Bertz CT molecular complexity index is 741. The van der Waals surface area contributed by atoms with Crippen LogP contribution in [-0.4, -0.2) is 44.6 Å². The third kappa shape index (κ3) is 2.79. The number of imide groups is 1. The van der Waals surface area contributed by atoms with Crippen molar-refractivity contribution < 1.29 is 14.4 Å². The van der Waals surface area contributed by atoms with Gasteiger partial charge in [0, 0.05) is 7.05 Å². The van der Waals surface area contributed by atoms with Crippen molar-refractivity contribution in [2.75, 3.05) is 11.9 Å². The van der Waals surface area contributed by atoms with Crippen molar-refractivity contribution in [2.24, 2.45) is 13.0 Å². The molecule has 1 aliphatic heterocycles. The van der Waals surface area contributed by atoms with Gasteiger partial charge in [-0.2, -0.15) is 5.10 Å². The maximum atomic E-state index is 12.9. The third-order valence-electron chi connectivity index (χ3n) is 5.58. The second-order valence-corrected chi connectivity index (χ2v) is 7.16. The van der Waals surface area contributed by atoms with E-state index in [2.05, 4.69) is 15.7 Å². The van der Waals surface area contributed by atoms with Gasteiger partial charge in [-0.25, -0.2) is 4.79 Å². The van der Waals surface area contributed by atoms with Gasteiger partial charge in [0.2, 0.25) is 5.91 Å². The molecule has 0 unspecified atom stereocenters. The van der Waals surface area contributed by atoms with Gasteiger partial charge in [0.25, 0.3) is 5.91 Å². The van der Waals surface area contributed by atoms with E-state index in [4.69, 9.17) is 0 Å². The minimum absolute atomic E-state index is 0.0774. The summed E-state index contributed by atoms with van der Waals surface area (Å²) in [5.41, 5.74) is 1.30. The van der Waals surface area contributed by atoms with Gasteiger partial charge in [-0.05, 0) is 32.6 Å². The first-order valence-corrected chi connectivity index (χ1v) is 8.70. The standard InChI is InChI=1S/C17H25N5O3/c1-10-7-5-6-8-17(10)15(24)22(16(25)19-17)9-13(23)18-14-11(2)20-21(4)12(14)3/h10H,5-9H2,1-4H3,(H,18,23)(H,19,25)/t10-,17+/m0/s1. The van der Waals surface area contributed by atoms with Crippen LogP contribution in [0, 0.1) is 19.8 Å². The maximum Gasteiger partial charge on any atom is 0.325 e. The molecule has 1 aromatic heterocycles. The van der Waals surface area contributed by atoms with Crippen molar-refractivity contribution in [1.29, 1.82) is 0 Å². The smallest absolute Gasteiger partial charge is 0.323 e. The van der Waals surface area contributed by atoms with Gasteiger partial charge >= 0.3 is 6.03 Å². The van der Waals surface area contributed by atoms with Gasteiger partial charge in [-0.15, -0.1) is 0 Å². The van der Waals surface area contributed by atoms with Crippen molar-refractivity contribution >= 4 is 23.5 Å². The van der Waals surface area contributed by atoms with Crippen LogP contribution in [0.15, 0.2) is 0 Å². The van der Waals surface area contributed by atoms with E-state index < -0.39 is 17.5 Å². The molecule has 136 valence electrons. The van der Waals surface area contributed by atoms with Crippen molar-refractivity contribution in [3.63, 3.8) is 0 Å². The highest BCUT2D eigenvalue weighted by molar-refractivity contribution is 6.10. The van der Waals surface area contributed by atoms with Crippen molar-refractivity contribution in [1.82, 2.24) is 20.0 Å². The number of hydrogen-bond acceptors (Lipinski definition) is 4. The zero-order chi connectivity index (χ0) is 18.4. The molecule has 4 amide bonds. The van der Waals surface area contributed by atoms with Crippen LogP contribution >= 0.6 is 0 Å². The van der Waals surface area contributed by atoms with Crippen molar-refractivity contribution in [3.05, 3.63) is 11.4 Å². The van der Waals surface area contributed by atoms with E-state index >= 15 is 0 Å². The van der Waals surface area contributed by atoms with Gasteiger partial charge in [0.15, 0.2) is 0 Å². The monoisotopic (exact) mass is 347 g/mol. The Morgan fingerprint density at radius 3 is 2.68 bits per heavy atom. The molecule has 8 nitrogen and oxygen atoms in total. The summed E-state index contributed by atoms with van der Waals surface area (Å²) in [5.74, 6) is -0.601. The molecule has 1 aliphatic carbocycles. The topological polar surface area (TPSA) is 96.3 Å². The van der Waals surface area contributed by atoms with E-state index in [1.54, 1.807) is 18.7 Å². The fourth-order valence-electron chi connectivity index (χ4n) is 3.92. The highest BCUT2D eigenvalue weighted by Crippen LogP contribution is 2.38. The number of anilines is 1. The molecule has 0 bridgehead atoms. The van der Waals surface area contributed by atoms with Gasteiger partial charge in [-0.3, -0.25) is 19.2 Å². The van der Waals surface area contributed by atoms with E-state index in [0.29, 0.717) is 17.8 Å². The number of amides is 4. The number of aromatic nitrogens is 2. The largest absolute Gasteiger partial charge is 0.325 e. The average molecular weight is 347 g/mol. The minimum atomic E-state index is -0.838. The van der Waals surface area contributed by atoms with Crippen LogP contribution in [-0.2, 0) is 16.6 Å². The molecule has 0 radical (unpaired) electrons. The summed E-state index contributed by atoms with van der Waals surface area (Å²) in [6, 6.07) is -0.478. The van der Waals surface area contributed by atoms with Crippen molar-refractivity contribution in [3.8, 4) is 0 Å². The second kappa shape index (κ2) is 6.16. The molecule has 1 saturated carbocycles. The van der Waals surface area contributed by atoms with Gasteiger partial charge in [0.05, 0.1) is 17.1 Å². The zero-order valence-corrected chi connectivity index (χ0v) is 15.2. The van der Waals surface area contributed by atoms with Crippen LogP contribution < -0.4 is 10.6 Å². The lowest BCUT2D eigenvalue weighted by Gasteiger charge is -2.36. The molecule has 0 aromatic carbocycles. The molecule has 1 spiro atoms. The minimum Gasteiger partial charge on any atom is -0.323 e. The number of nitrogens with one attached hydrogen (secondary N) is 2. The summed E-state index contributed by atoms with van der Waals surface area (Å²) >= 11 is 0. The SMILES string of the molecule is Cc1nn(C)c(C)c1NC(=O)CN1C(=O)N[C@@]2(CCCC[C@@H]2C)C1=O. The summed E-state index contributed by atoms with van der Waals surface area (Å²) in [5, 5.41) is 9.88. The quantitative estimate of drug-likeness (QED) is 0.810. The molecular weight excluding hydrogens is 322 g/mol. The number of hydrogen-bond donors (Lipinski definition) is 2. The Kier molecular flexibility index (Phi) is 4.30. The summed E-state index contributed by atoms with van der Waals surface area (Å²) in [7, 11) is 1.80. The lowest BCUT2D eigenvalue weighted by atomic mass is 9.73. The van der Waals surface area contributed by atoms with Crippen LogP contribution in [0.25, 0.3) is 0 Å². The van der Waals surface area contributed by atoms with Gasteiger partial charge < -0.3 is 10.6 Å². The fraction of sp³-hybridized carbons (Fsp3) is 0.647. The van der Waals surface area contributed by atoms with E-state index in [9.17, 15) is 14.4 Å². The summed E-state index contributed by atoms with van der Waals surface area (Å²) in [4.78, 5) is 38.6. The van der Waals surface area contributed by atoms with E-state index in [1.807, 2.05) is 13.8 Å². The molecule has 2 N–H and O–H groups in total. The Morgan fingerprint density at radius 2 is 2.08 bits per heavy atom. The van der Waals surface area contributed by atoms with Crippen LogP contribution in [0.5, 0.6) is 0 Å². The first-order valence-electron chi connectivity index (χ1n) is 8.70. The Labute approximate surface area is 146 Å². The molecule has 1 saturated heterocycles. The van der Waals surface area contributed by atoms with Gasteiger partial charge in [-0.1, -0.05) is 19.8 Å². The molecule has 2 aliphatic rings. The zero-order valence-electron chi connectivity index (χ0n) is 15.2. The highest BCUT2D eigenvalue weighted by atomic mass is 16.2. The predicted molar refractivity (Wildman–Crippen MR) is 91.9 cm³/mol. The Hall–Kier alpha value is -2.38. The Balaban J connectivity index is 1.73. The number of nitrogens with zero attached hydrogens (tertiary/aromatic N) is 3. The molecule has 1 aromatic rings. The van der Waals surface area contributed by atoms with Crippen LogP contribution in [0.1, 0.15) is 44.0 Å². The molecule has 2 atom stereocenters. The lowest BCUT2D eigenvalue weighted by molar-refractivity contribution is -0.136. The normalized spacial score (nSPS) is 26.2. The molecular formula is C17H25N5O3. The molecule has 25 heavy (non-hydrogen) atoms. The maximum absolute atomic E-state index is 12.9. The first kappa shape index (κ1) is 17.4. The number of carbonyl (C=O) groups is 3. The van der Waals surface area contributed by atoms with E-state index in [1.165, 1.54) is 0 Å². The van der Waals surface area contributed by atoms with Gasteiger partial charge in [0.1, 0.15) is 12.1 Å². The van der Waals surface area contributed by atoms with Crippen LogP contribution in [0.4, 0.5) is 10.5 Å². The lowest BCUT2D eigenvalue weighted by Crippen LogP contribution is -2.54. The molecule has 2 fully saturated rings. The predicted octanol–water partition coefficient (Wildman–Crippen LogP) is 1.48. The molecule has 3 rings (SSSR count). The number of rotatable bonds is 3. The third-order valence-corrected chi connectivity index (χ3v) is 5.58. The summed E-state index contributed by atoms with van der Waals surface area (Å²) in [6.07, 6.45) is 3.51. The number of urea groups is 1. The fourth-order valence-corrected chi connectivity index (χ4v) is 3.92.